The number of nitrogen functional groups attached to an aromatic ring is 1. The number of aromatic nitrogens is 2. The number of ether oxygens (including phenoxy) is 2. The number of hydrogen-bond acceptors (Lipinski definition) is 8. The summed E-state index contributed by atoms with van der Waals surface area (Å²) in [6.45, 7) is 1.67. The SMILES string of the molecule is COC/C=C/C(=O)N1CCC(Nc2ncnc(N)c2C(=N)c2ccc(Oc3ccccc3)cc2)CC1. The number of carbonyl (C=O) groups excluding carboxylic acids is 1. The molecule has 9 heteroatoms. The van der Waals surface area contributed by atoms with Gasteiger partial charge < -0.3 is 25.4 Å². The fourth-order valence-electron chi connectivity index (χ4n) is 4.00. The maximum Gasteiger partial charge on any atom is 0.246 e. The number of amides is 1. The van der Waals surface area contributed by atoms with Crippen LogP contribution in [0.5, 0.6) is 11.5 Å². The van der Waals surface area contributed by atoms with Crippen molar-refractivity contribution in [1.82, 2.24) is 14.9 Å². The fraction of sp³-hybridized carbons (Fsp3) is 0.259. The molecule has 0 radical (unpaired) electrons. The number of nitrogens with zero attached hydrogens (tertiary/aromatic N) is 3. The van der Waals surface area contributed by atoms with E-state index < -0.39 is 0 Å². The molecule has 9 nitrogen and oxygen atoms in total. The molecular weight excluding hydrogens is 456 g/mol. The standard InChI is InChI=1S/C27H30N6O3/c1-35-17-5-8-23(34)33-15-13-20(14-16-33)32-27-24(26(29)30-18-31-27)25(28)19-9-11-22(12-10-19)36-21-6-3-2-4-7-21/h2-12,18,20,28H,13-17H2,1H3,(H3,29,30,31,32)/b8-5+,28-25?. The van der Waals surface area contributed by atoms with Crippen LogP contribution in [-0.2, 0) is 9.53 Å². The monoisotopic (exact) mass is 486 g/mol. The summed E-state index contributed by atoms with van der Waals surface area (Å²) in [7, 11) is 1.59. The molecule has 1 aromatic heterocycles. The Bertz CT molecular complexity index is 1210. The molecule has 1 aliphatic rings. The molecule has 0 atom stereocenters. The Morgan fingerprint density at radius 3 is 2.50 bits per heavy atom. The number of methoxy groups -OCH3 is 1. The molecule has 1 saturated heterocycles. The summed E-state index contributed by atoms with van der Waals surface area (Å²) < 4.78 is 10.8. The Labute approximate surface area is 210 Å². The van der Waals surface area contributed by atoms with E-state index in [0.29, 0.717) is 42.4 Å². The van der Waals surface area contributed by atoms with Crippen LogP contribution in [-0.4, -0.2) is 59.3 Å². The lowest BCUT2D eigenvalue weighted by Crippen LogP contribution is -2.42. The van der Waals surface area contributed by atoms with Crippen molar-refractivity contribution in [2.45, 2.75) is 18.9 Å². The van der Waals surface area contributed by atoms with Crippen LogP contribution < -0.4 is 15.8 Å². The van der Waals surface area contributed by atoms with Crippen LogP contribution in [0.1, 0.15) is 24.0 Å². The van der Waals surface area contributed by atoms with Gasteiger partial charge in [0.1, 0.15) is 29.5 Å². The number of likely N-dealkylation sites (tertiary alicyclic amines) is 1. The molecule has 0 aliphatic carbocycles. The lowest BCUT2D eigenvalue weighted by molar-refractivity contribution is -0.126. The Hall–Kier alpha value is -4.24. The van der Waals surface area contributed by atoms with Gasteiger partial charge in [-0.25, -0.2) is 9.97 Å². The zero-order valence-corrected chi connectivity index (χ0v) is 20.2. The van der Waals surface area contributed by atoms with E-state index in [4.69, 9.17) is 20.6 Å². The number of anilines is 2. The smallest absolute Gasteiger partial charge is 0.246 e. The highest BCUT2D eigenvalue weighted by Gasteiger charge is 2.24. The second-order valence-corrected chi connectivity index (χ2v) is 8.40. The van der Waals surface area contributed by atoms with E-state index >= 15 is 0 Å². The highest BCUT2D eigenvalue weighted by atomic mass is 16.5. The largest absolute Gasteiger partial charge is 0.457 e. The average Bonchev–Trinajstić information content (AvgIpc) is 2.90. The third-order valence-electron chi connectivity index (χ3n) is 5.92. The molecule has 0 spiro atoms. The predicted octanol–water partition coefficient (Wildman–Crippen LogP) is 3.87. The number of rotatable bonds is 9. The Morgan fingerprint density at radius 1 is 1.11 bits per heavy atom. The highest BCUT2D eigenvalue weighted by Crippen LogP contribution is 2.26. The molecule has 0 unspecified atom stereocenters. The van der Waals surface area contributed by atoms with E-state index in [0.717, 1.165) is 18.6 Å². The molecule has 1 fully saturated rings. The first-order valence-electron chi connectivity index (χ1n) is 11.8. The van der Waals surface area contributed by atoms with Crippen molar-refractivity contribution in [3.63, 3.8) is 0 Å². The van der Waals surface area contributed by atoms with Crippen molar-refractivity contribution in [3.05, 3.63) is 84.2 Å². The van der Waals surface area contributed by atoms with Gasteiger partial charge in [0, 0.05) is 37.9 Å². The quantitative estimate of drug-likeness (QED) is 0.309. The molecule has 36 heavy (non-hydrogen) atoms. The van der Waals surface area contributed by atoms with Crippen molar-refractivity contribution in [3.8, 4) is 11.5 Å². The van der Waals surface area contributed by atoms with Crippen LogP contribution in [0.3, 0.4) is 0 Å². The van der Waals surface area contributed by atoms with Crippen LogP contribution in [0, 0.1) is 5.41 Å². The van der Waals surface area contributed by atoms with Crippen LogP contribution in [0.2, 0.25) is 0 Å². The third-order valence-corrected chi connectivity index (χ3v) is 5.92. The Morgan fingerprint density at radius 2 is 1.81 bits per heavy atom. The molecule has 2 aromatic carbocycles. The molecule has 4 N–H and O–H groups in total. The van der Waals surface area contributed by atoms with Gasteiger partial charge in [-0.05, 0) is 49.2 Å². The van der Waals surface area contributed by atoms with Crippen LogP contribution >= 0.6 is 0 Å². The molecule has 0 bridgehead atoms. The minimum atomic E-state index is -0.0149. The number of nitrogens with two attached hydrogens (primary N) is 1. The summed E-state index contributed by atoms with van der Waals surface area (Å²) >= 11 is 0. The van der Waals surface area contributed by atoms with Crippen molar-refractivity contribution in [2.24, 2.45) is 0 Å². The number of para-hydroxylation sites is 1. The van der Waals surface area contributed by atoms with Gasteiger partial charge >= 0.3 is 0 Å². The second-order valence-electron chi connectivity index (χ2n) is 8.40. The summed E-state index contributed by atoms with van der Waals surface area (Å²) in [4.78, 5) is 22.6. The van der Waals surface area contributed by atoms with Gasteiger partial charge in [-0.15, -0.1) is 0 Å². The van der Waals surface area contributed by atoms with Gasteiger partial charge in [0.15, 0.2) is 0 Å². The van der Waals surface area contributed by atoms with Gasteiger partial charge in [-0.2, -0.15) is 0 Å². The number of hydrogen-bond donors (Lipinski definition) is 3. The number of piperidine rings is 1. The molecule has 0 saturated carbocycles. The lowest BCUT2D eigenvalue weighted by atomic mass is 10.0. The first kappa shape index (κ1) is 24.9. The van der Waals surface area contributed by atoms with Gasteiger partial charge in [0.25, 0.3) is 0 Å². The highest BCUT2D eigenvalue weighted by molar-refractivity contribution is 6.16. The van der Waals surface area contributed by atoms with Crippen molar-refractivity contribution in [2.75, 3.05) is 37.9 Å². The van der Waals surface area contributed by atoms with Crippen LogP contribution in [0.15, 0.2) is 73.1 Å². The van der Waals surface area contributed by atoms with Crippen molar-refractivity contribution < 1.29 is 14.3 Å². The molecule has 1 amide bonds. The van der Waals surface area contributed by atoms with Crippen LogP contribution in [0.25, 0.3) is 0 Å². The third kappa shape index (κ3) is 6.25. The molecule has 1 aliphatic heterocycles. The maximum absolute atomic E-state index is 12.3. The van der Waals surface area contributed by atoms with Gasteiger partial charge in [-0.3, -0.25) is 10.2 Å². The minimum Gasteiger partial charge on any atom is -0.457 e. The van der Waals surface area contributed by atoms with Crippen LogP contribution in [0.4, 0.5) is 11.6 Å². The average molecular weight is 487 g/mol. The summed E-state index contributed by atoms with van der Waals surface area (Å²) in [5.74, 6) is 2.15. The van der Waals surface area contributed by atoms with E-state index in [1.807, 2.05) is 59.5 Å². The van der Waals surface area contributed by atoms with E-state index in [1.165, 1.54) is 6.33 Å². The Kier molecular flexibility index (Phi) is 8.25. The van der Waals surface area contributed by atoms with E-state index in [9.17, 15) is 4.79 Å². The lowest BCUT2D eigenvalue weighted by Gasteiger charge is -2.32. The molecule has 2 heterocycles. The van der Waals surface area contributed by atoms with E-state index in [2.05, 4.69) is 15.3 Å². The zero-order valence-electron chi connectivity index (χ0n) is 20.2. The van der Waals surface area contributed by atoms with Gasteiger partial charge in [0.2, 0.25) is 5.91 Å². The zero-order chi connectivity index (χ0) is 25.3. The number of benzene rings is 2. The predicted molar refractivity (Wildman–Crippen MR) is 140 cm³/mol. The number of carbonyl (C=O) groups is 1. The van der Waals surface area contributed by atoms with E-state index in [1.54, 1.807) is 19.3 Å². The second kappa shape index (κ2) is 11.9. The molecule has 4 rings (SSSR count). The normalized spacial score (nSPS) is 14.1. The summed E-state index contributed by atoms with van der Waals surface area (Å²) in [6.07, 6.45) is 6.18. The first-order valence-corrected chi connectivity index (χ1v) is 11.8. The summed E-state index contributed by atoms with van der Waals surface area (Å²) in [6, 6.07) is 16.9. The fourth-order valence-corrected chi connectivity index (χ4v) is 4.00. The van der Waals surface area contributed by atoms with Gasteiger partial charge in [0.05, 0.1) is 17.9 Å². The summed E-state index contributed by atoms with van der Waals surface area (Å²) in [5.41, 5.74) is 7.53. The van der Waals surface area contributed by atoms with Crippen molar-refractivity contribution in [1.29, 1.82) is 5.41 Å². The molecular formula is C27H30N6O3. The maximum atomic E-state index is 12.3. The Balaban J connectivity index is 1.42. The molecule has 186 valence electrons. The number of nitrogens with one attached hydrogen (secondary N) is 2. The molecule has 3 aromatic rings. The summed E-state index contributed by atoms with van der Waals surface area (Å²) in [5, 5.41) is 12.2. The van der Waals surface area contributed by atoms with Crippen molar-refractivity contribution >= 4 is 23.3 Å². The topological polar surface area (TPSA) is 126 Å². The van der Waals surface area contributed by atoms with Gasteiger partial charge in [-0.1, -0.05) is 24.3 Å². The van der Waals surface area contributed by atoms with E-state index in [-0.39, 0.29) is 23.5 Å². The minimum absolute atomic E-state index is 0.0149. The first-order chi connectivity index (χ1) is 17.5.